The summed E-state index contributed by atoms with van der Waals surface area (Å²) >= 11 is 0. The molecule has 116 valence electrons. The second kappa shape index (κ2) is 5.08. The summed E-state index contributed by atoms with van der Waals surface area (Å²) in [6.07, 6.45) is 1.94. The number of phenols is 1. The zero-order valence-electron chi connectivity index (χ0n) is 12.7. The lowest BCUT2D eigenvalue weighted by molar-refractivity contribution is -0.133. The molecule has 0 atom stereocenters. The summed E-state index contributed by atoms with van der Waals surface area (Å²) in [5, 5.41) is 19.4. The van der Waals surface area contributed by atoms with Crippen LogP contribution >= 0.6 is 0 Å². The molecule has 1 aromatic carbocycles. The van der Waals surface area contributed by atoms with E-state index in [0.29, 0.717) is 17.2 Å². The molecule has 4 rings (SSSR count). The lowest BCUT2D eigenvalue weighted by atomic mass is 9.91. The van der Waals surface area contributed by atoms with Crippen LogP contribution in [-0.4, -0.2) is 44.2 Å². The molecular weight excluding hydrogens is 292 g/mol. The maximum Gasteiger partial charge on any atom is 0.219 e. The van der Waals surface area contributed by atoms with Crippen LogP contribution in [0.5, 0.6) is 5.75 Å². The van der Waals surface area contributed by atoms with E-state index in [9.17, 15) is 9.90 Å². The zero-order valence-corrected chi connectivity index (χ0v) is 12.7. The molecule has 1 amide bonds. The summed E-state index contributed by atoms with van der Waals surface area (Å²) in [6.45, 7) is 3.06. The number of nitrogens with zero attached hydrogens (tertiary/aromatic N) is 3. The first-order valence-electron chi connectivity index (χ1n) is 7.52. The van der Waals surface area contributed by atoms with Gasteiger partial charge in [0.15, 0.2) is 5.65 Å². The van der Waals surface area contributed by atoms with E-state index >= 15 is 0 Å². The predicted molar refractivity (Wildman–Crippen MR) is 86.0 cm³/mol. The Morgan fingerprint density at radius 3 is 2.83 bits per heavy atom. The number of likely N-dealkylation sites (tertiary alicyclic amines) is 1. The summed E-state index contributed by atoms with van der Waals surface area (Å²) in [4.78, 5) is 16.3. The first-order valence-corrected chi connectivity index (χ1v) is 7.52. The maximum absolute atomic E-state index is 11.3. The van der Waals surface area contributed by atoms with Crippen LogP contribution in [0.1, 0.15) is 18.4 Å². The van der Waals surface area contributed by atoms with Crippen LogP contribution in [0.25, 0.3) is 22.3 Å². The van der Waals surface area contributed by atoms with Crippen LogP contribution in [0.2, 0.25) is 0 Å². The number of aromatic nitrogens is 3. The zero-order chi connectivity index (χ0) is 16.0. The molecule has 1 saturated heterocycles. The number of rotatable bonds is 2. The third kappa shape index (κ3) is 2.23. The molecule has 0 aliphatic carbocycles. The number of fused-ring (bicyclic) bond motifs is 1. The molecule has 1 fully saturated rings. The van der Waals surface area contributed by atoms with Crippen molar-refractivity contribution in [2.45, 2.75) is 12.8 Å². The van der Waals surface area contributed by atoms with Crippen molar-refractivity contribution < 1.29 is 9.90 Å². The Labute approximate surface area is 132 Å². The van der Waals surface area contributed by atoms with Crippen LogP contribution in [0.15, 0.2) is 36.5 Å². The van der Waals surface area contributed by atoms with Crippen molar-refractivity contribution in [1.82, 2.24) is 20.1 Å². The minimum Gasteiger partial charge on any atom is -0.507 e. The Morgan fingerprint density at radius 1 is 1.30 bits per heavy atom. The van der Waals surface area contributed by atoms with Gasteiger partial charge in [-0.2, -0.15) is 0 Å². The van der Waals surface area contributed by atoms with Gasteiger partial charge in [-0.15, -0.1) is 10.2 Å². The molecule has 2 N–H and O–H groups in total. The summed E-state index contributed by atoms with van der Waals surface area (Å²) in [7, 11) is 0. The van der Waals surface area contributed by atoms with Crippen LogP contribution in [0, 0.1) is 0 Å². The number of carbonyl (C=O) groups excluding carboxylic acids is 1. The third-order valence-electron chi connectivity index (χ3n) is 4.42. The molecule has 0 saturated carbocycles. The number of benzene rings is 1. The van der Waals surface area contributed by atoms with Gasteiger partial charge in [-0.1, -0.05) is 12.1 Å². The fourth-order valence-electron chi connectivity index (χ4n) is 3.03. The van der Waals surface area contributed by atoms with Crippen molar-refractivity contribution in [1.29, 1.82) is 0 Å². The molecule has 6 nitrogen and oxygen atoms in total. The second-order valence-electron chi connectivity index (χ2n) is 5.87. The fourth-order valence-corrected chi connectivity index (χ4v) is 3.03. The SMILES string of the molecule is CC(=O)N1CC(c2c[nH]c3nnc(-c4ccccc4O)cc23)C1. The van der Waals surface area contributed by atoms with E-state index in [1.807, 2.05) is 29.3 Å². The van der Waals surface area contributed by atoms with Gasteiger partial charge in [-0.25, -0.2) is 0 Å². The van der Waals surface area contributed by atoms with Crippen molar-refractivity contribution in [3.05, 3.63) is 42.1 Å². The number of carbonyl (C=O) groups is 1. The molecule has 0 radical (unpaired) electrons. The van der Waals surface area contributed by atoms with E-state index in [4.69, 9.17) is 0 Å². The highest BCUT2D eigenvalue weighted by molar-refractivity contribution is 5.85. The number of aromatic hydroxyl groups is 1. The average molecular weight is 308 g/mol. The summed E-state index contributed by atoms with van der Waals surface area (Å²) in [5.74, 6) is 0.606. The second-order valence-corrected chi connectivity index (χ2v) is 5.87. The highest BCUT2D eigenvalue weighted by atomic mass is 16.3. The molecule has 3 aromatic rings. The minimum atomic E-state index is 0.107. The van der Waals surface area contributed by atoms with E-state index in [2.05, 4.69) is 15.2 Å². The Morgan fingerprint density at radius 2 is 2.09 bits per heavy atom. The van der Waals surface area contributed by atoms with Crippen LogP contribution in [0.4, 0.5) is 0 Å². The summed E-state index contributed by atoms with van der Waals surface area (Å²) < 4.78 is 0. The number of hydrogen-bond donors (Lipinski definition) is 2. The molecule has 0 spiro atoms. The van der Waals surface area contributed by atoms with Gasteiger partial charge in [0.05, 0.1) is 5.69 Å². The fraction of sp³-hybridized carbons (Fsp3) is 0.235. The van der Waals surface area contributed by atoms with Gasteiger partial charge < -0.3 is 15.0 Å². The Hall–Kier alpha value is -2.89. The number of nitrogens with one attached hydrogen (secondary N) is 1. The van der Waals surface area contributed by atoms with Crippen molar-refractivity contribution in [2.24, 2.45) is 0 Å². The molecular formula is C17H16N4O2. The van der Waals surface area contributed by atoms with Crippen LogP contribution in [-0.2, 0) is 4.79 Å². The van der Waals surface area contributed by atoms with Gasteiger partial charge in [0.2, 0.25) is 5.91 Å². The molecule has 0 unspecified atom stereocenters. The van der Waals surface area contributed by atoms with Gasteiger partial charge >= 0.3 is 0 Å². The smallest absolute Gasteiger partial charge is 0.219 e. The third-order valence-corrected chi connectivity index (χ3v) is 4.42. The van der Waals surface area contributed by atoms with Gasteiger partial charge in [0, 0.05) is 43.1 Å². The minimum absolute atomic E-state index is 0.107. The van der Waals surface area contributed by atoms with Gasteiger partial charge in [-0.3, -0.25) is 4.79 Å². The van der Waals surface area contributed by atoms with E-state index in [0.717, 1.165) is 29.7 Å². The first kappa shape index (κ1) is 13.8. The van der Waals surface area contributed by atoms with Crippen molar-refractivity contribution in [2.75, 3.05) is 13.1 Å². The number of aromatic amines is 1. The van der Waals surface area contributed by atoms with E-state index < -0.39 is 0 Å². The van der Waals surface area contributed by atoms with Gasteiger partial charge in [-0.05, 0) is 23.8 Å². The predicted octanol–water partition coefficient (Wildman–Crippen LogP) is 2.28. The largest absolute Gasteiger partial charge is 0.507 e. The summed E-state index contributed by atoms with van der Waals surface area (Å²) in [6, 6.07) is 9.03. The van der Waals surface area contributed by atoms with Gasteiger partial charge in [0.25, 0.3) is 0 Å². The number of hydrogen-bond acceptors (Lipinski definition) is 4. The normalized spacial score (nSPS) is 14.9. The number of phenolic OH excluding ortho intramolecular Hbond substituents is 1. The average Bonchev–Trinajstić information content (AvgIpc) is 2.89. The monoisotopic (exact) mass is 308 g/mol. The Bertz CT molecular complexity index is 896. The van der Waals surface area contributed by atoms with Crippen LogP contribution in [0.3, 0.4) is 0 Å². The molecule has 1 aliphatic heterocycles. The highest BCUT2D eigenvalue weighted by Crippen LogP contribution is 2.34. The molecule has 0 bridgehead atoms. The number of amides is 1. The number of H-pyrrole nitrogens is 1. The molecule has 23 heavy (non-hydrogen) atoms. The Kier molecular flexibility index (Phi) is 3.04. The molecule has 1 aliphatic rings. The number of para-hydroxylation sites is 1. The lowest BCUT2D eigenvalue weighted by Crippen LogP contribution is -2.47. The van der Waals surface area contributed by atoms with Gasteiger partial charge in [0.1, 0.15) is 5.75 Å². The highest BCUT2D eigenvalue weighted by Gasteiger charge is 2.31. The van der Waals surface area contributed by atoms with Crippen molar-refractivity contribution in [3.8, 4) is 17.0 Å². The van der Waals surface area contributed by atoms with Crippen molar-refractivity contribution in [3.63, 3.8) is 0 Å². The molecule has 6 heteroatoms. The first-order chi connectivity index (χ1) is 11.1. The standard InChI is InChI=1S/C17H16N4O2/c1-10(22)21-8-11(9-21)14-7-18-17-13(14)6-15(19-20-17)12-4-2-3-5-16(12)23/h2-7,11,23H,8-9H2,1H3,(H,18,20). The van der Waals surface area contributed by atoms with E-state index in [-0.39, 0.29) is 11.7 Å². The lowest BCUT2D eigenvalue weighted by Gasteiger charge is -2.38. The van der Waals surface area contributed by atoms with Crippen LogP contribution < -0.4 is 0 Å². The maximum atomic E-state index is 11.3. The van der Waals surface area contributed by atoms with Crippen molar-refractivity contribution >= 4 is 16.9 Å². The van der Waals surface area contributed by atoms with E-state index in [1.165, 1.54) is 0 Å². The Balaban J connectivity index is 1.73. The topological polar surface area (TPSA) is 82.1 Å². The summed E-state index contributed by atoms with van der Waals surface area (Å²) in [5.41, 5.74) is 3.16. The molecule has 3 heterocycles. The van der Waals surface area contributed by atoms with E-state index in [1.54, 1.807) is 19.1 Å². The quantitative estimate of drug-likeness (QED) is 0.761. The molecule has 2 aromatic heterocycles.